The first kappa shape index (κ1) is 19.6. The van der Waals surface area contributed by atoms with Gasteiger partial charge in [-0.1, -0.05) is 11.6 Å². The molecule has 9 heteroatoms. The molecule has 2 heterocycles. The maximum atomic E-state index is 12.7. The Balaban J connectivity index is 2.26. The Hall–Kier alpha value is -2.16. The Bertz CT molecular complexity index is 1110. The van der Waals surface area contributed by atoms with Gasteiger partial charge in [0, 0.05) is 37.0 Å². The summed E-state index contributed by atoms with van der Waals surface area (Å²) in [6.07, 6.45) is 0. The van der Waals surface area contributed by atoms with E-state index in [2.05, 4.69) is 14.9 Å². The van der Waals surface area contributed by atoms with Crippen LogP contribution in [0.3, 0.4) is 0 Å². The summed E-state index contributed by atoms with van der Waals surface area (Å²) in [5.41, 5.74) is 0.292. The van der Waals surface area contributed by atoms with E-state index < -0.39 is 5.69 Å². The number of aromatic nitrogens is 4. The molecule has 0 radical (unpaired) electrons. The monoisotopic (exact) mass is 405 g/mol. The molecule has 0 fully saturated rings. The van der Waals surface area contributed by atoms with Crippen molar-refractivity contribution in [1.82, 2.24) is 24.0 Å². The smallest absolute Gasteiger partial charge is 0.309 e. The normalized spacial score (nSPS) is 11.5. The molecule has 3 rings (SSSR count). The Morgan fingerprint density at radius 1 is 1.07 bits per heavy atom. The summed E-state index contributed by atoms with van der Waals surface area (Å²) in [6.45, 7) is 0.832. The molecule has 0 spiro atoms. The number of hydrogen-bond donors (Lipinski definition) is 0. The Morgan fingerprint density at radius 2 is 1.74 bits per heavy atom. The summed E-state index contributed by atoms with van der Waals surface area (Å²) < 4.78 is 2.47. The molecule has 27 heavy (non-hydrogen) atoms. The minimum absolute atomic E-state index is 0.329. The van der Waals surface area contributed by atoms with Crippen LogP contribution in [0.25, 0.3) is 22.4 Å². The highest BCUT2D eigenvalue weighted by Crippen LogP contribution is 2.26. The summed E-state index contributed by atoms with van der Waals surface area (Å²) in [5.74, 6) is 1.21. The molecule has 0 aliphatic heterocycles. The fourth-order valence-corrected chi connectivity index (χ4v) is 3.84. The molecule has 0 amide bonds. The van der Waals surface area contributed by atoms with Crippen LogP contribution in [0.2, 0.25) is 5.02 Å². The van der Waals surface area contributed by atoms with E-state index in [1.54, 1.807) is 19.2 Å². The van der Waals surface area contributed by atoms with Crippen molar-refractivity contribution in [1.29, 1.82) is 0 Å². The van der Waals surface area contributed by atoms with E-state index in [0.29, 0.717) is 26.9 Å². The van der Waals surface area contributed by atoms with Gasteiger partial charge < -0.3 is 4.90 Å². The lowest BCUT2D eigenvalue weighted by Crippen LogP contribution is -2.37. The molecule has 0 saturated heterocycles. The second-order valence-electron chi connectivity index (χ2n) is 6.42. The number of benzene rings is 1. The molecule has 0 saturated carbocycles. The number of fused-ring (bicyclic) bond motifs is 1. The van der Waals surface area contributed by atoms with E-state index in [0.717, 1.165) is 22.4 Å². The number of halogens is 1. The van der Waals surface area contributed by atoms with Gasteiger partial charge in [-0.05, 0) is 38.4 Å². The van der Waals surface area contributed by atoms with E-state index in [1.165, 1.54) is 23.4 Å². The van der Waals surface area contributed by atoms with E-state index in [4.69, 9.17) is 11.6 Å². The third-order valence-electron chi connectivity index (χ3n) is 4.15. The average molecular weight is 406 g/mol. The van der Waals surface area contributed by atoms with Crippen molar-refractivity contribution in [3.05, 3.63) is 50.1 Å². The van der Waals surface area contributed by atoms with Gasteiger partial charge in [-0.2, -0.15) is 0 Å². The zero-order chi connectivity index (χ0) is 19.7. The SMILES string of the molecule is CN(C)CCSc1nc(-c2ccc(Cl)cc2)nc2c1c(=O)n(C)c(=O)n2C. The van der Waals surface area contributed by atoms with Gasteiger partial charge in [-0.3, -0.25) is 13.9 Å². The van der Waals surface area contributed by atoms with Crippen molar-refractivity contribution in [3.8, 4) is 11.4 Å². The predicted octanol–water partition coefficient (Wildman–Crippen LogP) is 2.00. The molecule has 2 aromatic heterocycles. The van der Waals surface area contributed by atoms with Crippen molar-refractivity contribution >= 4 is 34.4 Å². The van der Waals surface area contributed by atoms with Crippen molar-refractivity contribution < 1.29 is 0 Å². The Kier molecular flexibility index (Phi) is 5.69. The molecule has 0 bridgehead atoms. The Morgan fingerprint density at radius 3 is 2.37 bits per heavy atom. The van der Waals surface area contributed by atoms with E-state index in [9.17, 15) is 9.59 Å². The molecule has 0 aliphatic carbocycles. The number of hydrogen-bond acceptors (Lipinski definition) is 6. The molecule has 142 valence electrons. The van der Waals surface area contributed by atoms with Crippen LogP contribution in [0.4, 0.5) is 0 Å². The van der Waals surface area contributed by atoms with Crippen LogP contribution in [-0.4, -0.2) is 50.4 Å². The fourth-order valence-electron chi connectivity index (χ4n) is 2.59. The lowest BCUT2D eigenvalue weighted by Gasteiger charge is -2.13. The highest BCUT2D eigenvalue weighted by Gasteiger charge is 2.18. The molecule has 0 unspecified atom stereocenters. The first-order chi connectivity index (χ1) is 12.8. The largest absolute Gasteiger partial charge is 0.332 e. The second kappa shape index (κ2) is 7.84. The average Bonchev–Trinajstić information content (AvgIpc) is 2.64. The summed E-state index contributed by atoms with van der Waals surface area (Å²) in [6, 6.07) is 7.15. The zero-order valence-electron chi connectivity index (χ0n) is 15.6. The van der Waals surface area contributed by atoms with Crippen LogP contribution < -0.4 is 11.2 Å². The molecular formula is C18H20ClN5O2S. The van der Waals surface area contributed by atoms with Crippen molar-refractivity contribution in [2.45, 2.75) is 5.03 Å². The molecule has 7 nitrogen and oxygen atoms in total. The maximum Gasteiger partial charge on any atom is 0.332 e. The van der Waals surface area contributed by atoms with Crippen LogP contribution in [-0.2, 0) is 14.1 Å². The highest BCUT2D eigenvalue weighted by molar-refractivity contribution is 7.99. The third-order valence-corrected chi connectivity index (χ3v) is 5.35. The summed E-state index contributed by atoms with van der Waals surface area (Å²) in [4.78, 5) is 36.3. The molecule has 0 atom stereocenters. The quantitative estimate of drug-likeness (QED) is 0.477. The predicted molar refractivity (Wildman–Crippen MR) is 110 cm³/mol. The van der Waals surface area contributed by atoms with Gasteiger partial charge in [0.05, 0.1) is 0 Å². The standard InChI is InChI=1S/C18H20ClN5O2S/c1-22(2)9-10-27-16-13-15(23(3)18(26)24(4)17(13)25)20-14(21-16)11-5-7-12(19)8-6-11/h5-8H,9-10H2,1-4H3. The molecule has 3 aromatic rings. The van der Waals surface area contributed by atoms with Gasteiger partial charge in [0.15, 0.2) is 11.5 Å². The van der Waals surface area contributed by atoms with E-state index >= 15 is 0 Å². The van der Waals surface area contributed by atoms with Crippen LogP contribution in [0.15, 0.2) is 38.9 Å². The first-order valence-corrected chi connectivity index (χ1v) is 9.67. The number of rotatable bonds is 5. The second-order valence-corrected chi connectivity index (χ2v) is 7.94. The number of thioether (sulfide) groups is 1. The lowest BCUT2D eigenvalue weighted by atomic mass is 10.2. The Labute approximate surface area is 165 Å². The summed E-state index contributed by atoms with van der Waals surface area (Å²) >= 11 is 7.45. The topological polar surface area (TPSA) is 73.0 Å². The number of nitrogens with zero attached hydrogens (tertiary/aromatic N) is 5. The highest BCUT2D eigenvalue weighted by atomic mass is 35.5. The van der Waals surface area contributed by atoms with Crippen LogP contribution in [0, 0.1) is 0 Å². The summed E-state index contributed by atoms with van der Waals surface area (Å²) in [7, 11) is 7.05. The first-order valence-electron chi connectivity index (χ1n) is 8.31. The molecule has 0 aliphatic rings. The molecular weight excluding hydrogens is 386 g/mol. The minimum atomic E-state index is -0.419. The zero-order valence-corrected chi connectivity index (χ0v) is 17.1. The summed E-state index contributed by atoms with van der Waals surface area (Å²) in [5, 5.41) is 1.55. The van der Waals surface area contributed by atoms with Crippen molar-refractivity contribution in [3.63, 3.8) is 0 Å². The van der Waals surface area contributed by atoms with Crippen LogP contribution >= 0.6 is 23.4 Å². The minimum Gasteiger partial charge on any atom is -0.309 e. The van der Waals surface area contributed by atoms with Gasteiger partial charge in [-0.25, -0.2) is 14.8 Å². The third kappa shape index (κ3) is 3.92. The lowest BCUT2D eigenvalue weighted by molar-refractivity contribution is 0.437. The van der Waals surface area contributed by atoms with E-state index in [-0.39, 0.29) is 5.56 Å². The van der Waals surface area contributed by atoms with Gasteiger partial charge in [0.2, 0.25) is 0 Å². The van der Waals surface area contributed by atoms with Gasteiger partial charge in [0.1, 0.15) is 10.4 Å². The fraction of sp³-hybridized carbons (Fsp3) is 0.333. The van der Waals surface area contributed by atoms with Gasteiger partial charge >= 0.3 is 5.69 Å². The molecule has 0 N–H and O–H groups in total. The number of aryl methyl sites for hydroxylation is 1. The van der Waals surface area contributed by atoms with Gasteiger partial charge in [-0.15, -0.1) is 11.8 Å². The van der Waals surface area contributed by atoms with Gasteiger partial charge in [0.25, 0.3) is 5.56 Å². The van der Waals surface area contributed by atoms with E-state index in [1.807, 2.05) is 26.2 Å². The van der Waals surface area contributed by atoms with Crippen LogP contribution in [0.1, 0.15) is 0 Å². The molecule has 1 aromatic carbocycles. The van der Waals surface area contributed by atoms with Crippen molar-refractivity contribution in [2.24, 2.45) is 14.1 Å². The maximum absolute atomic E-state index is 12.7. The van der Waals surface area contributed by atoms with Crippen LogP contribution in [0.5, 0.6) is 0 Å². The van der Waals surface area contributed by atoms with Crippen molar-refractivity contribution in [2.75, 3.05) is 26.4 Å².